The van der Waals surface area contributed by atoms with Gasteiger partial charge in [-0.1, -0.05) is 27.2 Å². The summed E-state index contributed by atoms with van der Waals surface area (Å²) < 4.78 is 0. The molecule has 0 heterocycles. The maximum Gasteiger partial charge on any atom is 0.303 e. The summed E-state index contributed by atoms with van der Waals surface area (Å²) in [5.41, 5.74) is 0. The van der Waals surface area contributed by atoms with E-state index in [4.69, 9.17) is 5.11 Å². The lowest BCUT2D eigenvalue weighted by molar-refractivity contribution is -0.137. The number of carboxylic acids is 1. The number of carbonyl (C=O) groups is 1. The van der Waals surface area contributed by atoms with Crippen LogP contribution in [0.1, 0.15) is 46.5 Å². The van der Waals surface area contributed by atoms with Crippen molar-refractivity contribution in [2.45, 2.75) is 46.5 Å². The molecule has 0 unspecified atom stereocenters. The van der Waals surface area contributed by atoms with Crippen molar-refractivity contribution in [1.82, 2.24) is 0 Å². The Labute approximate surface area is 75.0 Å². The Kier molecular flexibility index (Phi) is 5.77. The van der Waals surface area contributed by atoms with Crippen LogP contribution in [-0.4, -0.2) is 11.1 Å². The van der Waals surface area contributed by atoms with Crippen molar-refractivity contribution in [2.24, 2.45) is 11.8 Å². The molecule has 0 aromatic heterocycles. The van der Waals surface area contributed by atoms with Crippen molar-refractivity contribution in [2.75, 3.05) is 0 Å². The standard InChI is InChI=1S/C10H20O2/c1-4-8(2)7-9(3)5-6-10(11)12/h8-9H,4-7H2,1-3H3,(H,11,12)/t8-,9+/m0/s1. The highest BCUT2D eigenvalue weighted by Gasteiger charge is 2.08. The summed E-state index contributed by atoms with van der Waals surface area (Å²) in [6.07, 6.45) is 3.48. The zero-order valence-electron chi connectivity index (χ0n) is 8.34. The predicted molar refractivity (Wildman–Crippen MR) is 50.1 cm³/mol. The maximum absolute atomic E-state index is 10.3. The predicted octanol–water partition coefficient (Wildman–Crippen LogP) is 2.92. The van der Waals surface area contributed by atoms with E-state index in [-0.39, 0.29) is 0 Å². The van der Waals surface area contributed by atoms with Gasteiger partial charge in [-0.3, -0.25) is 4.79 Å². The van der Waals surface area contributed by atoms with Crippen molar-refractivity contribution in [1.29, 1.82) is 0 Å². The lowest BCUT2D eigenvalue weighted by atomic mass is 9.92. The van der Waals surface area contributed by atoms with Gasteiger partial charge in [0, 0.05) is 6.42 Å². The van der Waals surface area contributed by atoms with Gasteiger partial charge in [0.1, 0.15) is 0 Å². The van der Waals surface area contributed by atoms with E-state index < -0.39 is 5.97 Å². The third-order valence-electron chi connectivity index (χ3n) is 2.35. The Bertz CT molecular complexity index is 132. The Morgan fingerprint density at radius 2 is 1.92 bits per heavy atom. The quantitative estimate of drug-likeness (QED) is 0.668. The van der Waals surface area contributed by atoms with Crippen molar-refractivity contribution in [3.63, 3.8) is 0 Å². The Hall–Kier alpha value is -0.530. The fourth-order valence-electron chi connectivity index (χ4n) is 1.34. The van der Waals surface area contributed by atoms with Crippen LogP contribution < -0.4 is 0 Å². The molecule has 0 saturated carbocycles. The van der Waals surface area contributed by atoms with Crippen LogP contribution in [0.15, 0.2) is 0 Å². The van der Waals surface area contributed by atoms with Crippen molar-refractivity contribution >= 4 is 5.97 Å². The summed E-state index contributed by atoms with van der Waals surface area (Å²) in [5.74, 6) is 0.607. The third-order valence-corrected chi connectivity index (χ3v) is 2.35. The molecule has 2 heteroatoms. The number of hydrogen-bond donors (Lipinski definition) is 1. The second-order valence-corrected chi connectivity index (χ2v) is 3.79. The van der Waals surface area contributed by atoms with Gasteiger partial charge in [-0.25, -0.2) is 0 Å². The minimum absolute atomic E-state index is 0.317. The minimum Gasteiger partial charge on any atom is -0.481 e. The monoisotopic (exact) mass is 172 g/mol. The van der Waals surface area contributed by atoms with Gasteiger partial charge < -0.3 is 5.11 Å². The number of rotatable bonds is 6. The summed E-state index contributed by atoms with van der Waals surface area (Å²) >= 11 is 0. The molecule has 0 saturated heterocycles. The van der Waals surface area contributed by atoms with Crippen LogP contribution in [-0.2, 0) is 4.79 Å². The summed E-state index contributed by atoms with van der Waals surface area (Å²) in [6.45, 7) is 6.53. The average molecular weight is 172 g/mol. The smallest absolute Gasteiger partial charge is 0.303 e. The molecule has 0 aromatic carbocycles. The number of carboxylic acid groups (broad SMARTS) is 1. The zero-order valence-corrected chi connectivity index (χ0v) is 8.34. The van der Waals surface area contributed by atoms with E-state index >= 15 is 0 Å². The zero-order chi connectivity index (χ0) is 9.56. The summed E-state index contributed by atoms with van der Waals surface area (Å²) in [7, 11) is 0. The van der Waals surface area contributed by atoms with Crippen LogP contribution in [0, 0.1) is 11.8 Å². The molecule has 0 fully saturated rings. The molecule has 12 heavy (non-hydrogen) atoms. The molecule has 0 rings (SSSR count). The fourth-order valence-corrected chi connectivity index (χ4v) is 1.34. The third kappa shape index (κ3) is 6.20. The second kappa shape index (κ2) is 6.04. The topological polar surface area (TPSA) is 37.3 Å². The summed E-state index contributed by atoms with van der Waals surface area (Å²) in [6, 6.07) is 0. The van der Waals surface area contributed by atoms with Crippen LogP contribution >= 0.6 is 0 Å². The van der Waals surface area contributed by atoms with E-state index in [1.807, 2.05) is 0 Å². The van der Waals surface area contributed by atoms with Crippen LogP contribution in [0.25, 0.3) is 0 Å². The van der Waals surface area contributed by atoms with Crippen LogP contribution in [0.4, 0.5) is 0 Å². The van der Waals surface area contributed by atoms with Gasteiger partial charge in [0.25, 0.3) is 0 Å². The molecule has 0 bridgehead atoms. The molecule has 0 radical (unpaired) electrons. The van der Waals surface area contributed by atoms with Gasteiger partial charge in [-0.2, -0.15) is 0 Å². The molecule has 72 valence electrons. The average Bonchev–Trinajstić information content (AvgIpc) is 2.00. The lowest BCUT2D eigenvalue weighted by Gasteiger charge is -2.14. The van der Waals surface area contributed by atoms with Crippen molar-refractivity contribution < 1.29 is 9.90 Å². The van der Waals surface area contributed by atoms with E-state index in [0.29, 0.717) is 12.3 Å². The van der Waals surface area contributed by atoms with Gasteiger partial charge in [-0.05, 0) is 24.7 Å². The first-order valence-corrected chi connectivity index (χ1v) is 4.78. The van der Waals surface area contributed by atoms with Crippen LogP contribution in [0.2, 0.25) is 0 Å². The van der Waals surface area contributed by atoms with E-state index in [1.165, 1.54) is 6.42 Å². The molecule has 0 amide bonds. The van der Waals surface area contributed by atoms with Gasteiger partial charge in [0.15, 0.2) is 0 Å². The molecule has 0 aromatic rings. The Morgan fingerprint density at radius 3 is 2.33 bits per heavy atom. The van der Waals surface area contributed by atoms with Gasteiger partial charge >= 0.3 is 5.97 Å². The van der Waals surface area contributed by atoms with Crippen LogP contribution in [0.5, 0.6) is 0 Å². The fraction of sp³-hybridized carbons (Fsp3) is 0.900. The van der Waals surface area contributed by atoms with Crippen molar-refractivity contribution in [3.05, 3.63) is 0 Å². The highest BCUT2D eigenvalue weighted by atomic mass is 16.4. The summed E-state index contributed by atoms with van der Waals surface area (Å²) in [5, 5.41) is 8.45. The second-order valence-electron chi connectivity index (χ2n) is 3.79. The normalized spacial score (nSPS) is 15.6. The van der Waals surface area contributed by atoms with Crippen LogP contribution in [0.3, 0.4) is 0 Å². The first kappa shape index (κ1) is 11.5. The molecule has 0 aliphatic carbocycles. The molecule has 2 nitrogen and oxygen atoms in total. The molecular weight excluding hydrogens is 152 g/mol. The molecule has 1 N–H and O–H groups in total. The molecular formula is C10H20O2. The lowest BCUT2D eigenvalue weighted by Crippen LogP contribution is -2.05. The highest BCUT2D eigenvalue weighted by molar-refractivity contribution is 5.66. The minimum atomic E-state index is -0.675. The van der Waals surface area contributed by atoms with E-state index in [9.17, 15) is 4.79 Å². The molecule has 0 aliphatic rings. The van der Waals surface area contributed by atoms with Gasteiger partial charge in [0.2, 0.25) is 0 Å². The van der Waals surface area contributed by atoms with Gasteiger partial charge in [0.05, 0.1) is 0 Å². The van der Waals surface area contributed by atoms with E-state index in [2.05, 4.69) is 20.8 Å². The summed E-state index contributed by atoms with van der Waals surface area (Å²) in [4.78, 5) is 10.3. The maximum atomic E-state index is 10.3. The number of hydrogen-bond acceptors (Lipinski definition) is 1. The SMILES string of the molecule is CC[C@H](C)C[C@H](C)CCC(=O)O. The van der Waals surface area contributed by atoms with E-state index in [0.717, 1.165) is 18.8 Å². The largest absolute Gasteiger partial charge is 0.481 e. The molecule has 0 aliphatic heterocycles. The number of aliphatic carboxylic acids is 1. The Morgan fingerprint density at radius 1 is 1.33 bits per heavy atom. The molecule has 2 atom stereocenters. The first-order chi connectivity index (χ1) is 5.56. The van der Waals surface area contributed by atoms with Crippen molar-refractivity contribution in [3.8, 4) is 0 Å². The van der Waals surface area contributed by atoms with Gasteiger partial charge in [-0.15, -0.1) is 0 Å². The first-order valence-electron chi connectivity index (χ1n) is 4.78. The Balaban J connectivity index is 3.45. The molecule has 0 spiro atoms. The highest BCUT2D eigenvalue weighted by Crippen LogP contribution is 2.18. The van der Waals surface area contributed by atoms with E-state index in [1.54, 1.807) is 0 Å².